The fourth-order valence-electron chi connectivity index (χ4n) is 5.42. The van der Waals surface area contributed by atoms with Crippen LogP contribution in [0.3, 0.4) is 0 Å². The van der Waals surface area contributed by atoms with Gasteiger partial charge in [0.05, 0.1) is 32.5 Å². The maximum atomic E-state index is 11.7. The molecule has 0 aliphatic carbocycles. The van der Waals surface area contributed by atoms with Crippen molar-refractivity contribution < 1.29 is 19.4 Å². The molecular weight excluding hydrogens is 607 g/mol. The summed E-state index contributed by atoms with van der Waals surface area (Å²) in [5.41, 5.74) is 4.35. The van der Waals surface area contributed by atoms with E-state index < -0.39 is 11.4 Å². The molecule has 226 valence electrons. The van der Waals surface area contributed by atoms with Crippen molar-refractivity contribution in [3.05, 3.63) is 142 Å². The van der Waals surface area contributed by atoms with Crippen LogP contribution in [0.2, 0.25) is 10.0 Å². The summed E-state index contributed by atoms with van der Waals surface area (Å²) in [7, 11) is 0. The number of fused-ring (bicyclic) bond motifs is 2. The highest BCUT2D eigenvalue weighted by Gasteiger charge is 2.31. The number of aromatic nitrogens is 2. The van der Waals surface area contributed by atoms with Gasteiger partial charge in [-0.3, -0.25) is 4.79 Å². The lowest BCUT2D eigenvalue weighted by Crippen LogP contribution is -2.25. The number of pyridine rings is 2. The van der Waals surface area contributed by atoms with Gasteiger partial charge in [-0.05, 0) is 66.1 Å². The van der Waals surface area contributed by atoms with Crippen molar-refractivity contribution in [2.75, 3.05) is 0 Å². The fourth-order valence-corrected chi connectivity index (χ4v) is 5.89. The molecule has 0 spiro atoms. The van der Waals surface area contributed by atoms with E-state index >= 15 is 0 Å². The zero-order valence-corrected chi connectivity index (χ0v) is 26.1. The Morgan fingerprint density at radius 3 is 1.60 bits per heavy atom. The van der Waals surface area contributed by atoms with Gasteiger partial charge >= 0.3 is 5.97 Å². The van der Waals surface area contributed by atoms with E-state index in [0.717, 1.165) is 44.3 Å². The average Bonchev–Trinajstić information content (AvgIpc) is 3.05. The lowest BCUT2D eigenvalue weighted by atomic mass is 9.73. The van der Waals surface area contributed by atoms with Gasteiger partial charge in [0, 0.05) is 22.6 Å². The van der Waals surface area contributed by atoms with E-state index in [-0.39, 0.29) is 19.6 Å². The summed E-state index contributed by atoms with van der Waals surface area (Å²) in [4.78, 5) is 21.0. The molecule has 0 amide bonds. The van der Waals surface area contributed by atoms with Crippen LogP contribution in [-0.2, 0) is 23.4 Å². The van der Waals surface area contributed by atoms with Crippen LogP contribution in [0.5, 0.6) is 11.5 Å². The topological polar surface area (TPSA) is 81.5 Å². The highest BCUT2D eigenvalue weighted by molar-refractivity contribution is 6.32. The van der Waals surface area contributed by atoms with Gasteiger partial charge in [0.25, 0.3) is 0 Å². The first-order chi connectivity index (χ1) is 21.8. The molecule has 6 nitrogen and oxygen atoms in total. The summed E-state index contributed by atoms with van der Waals surface area (Å²) in [5, 5.41) is 12.5. The third-order valence-corrected chi connectivity index (χ3v) is 8.63. The normalized spacial score (nSPS) is 11.5. The summed E-state index contributed by atoms with van der Waals surface area (Å²) < 4.78 is 12.1. The number of hydrogen-bond donors (Lipinski definition) is 1. The van der Waals surface area contributed by atoms with Gasteiger partial charge in [0.15, 0.2) is 0 Å². The number of carboxylic acid groups (broad SMARTS) is 1. The molecule has 0 saturated carbocycles. The van der Waals surface area contributed by atoms with Gasteiger partial charge in [0.1, 0.15) is 24.7 Å². The second-order valence-corrected chi connectivity index (χ2v) is 11.9. The second kappa shape index (κ2) is 13.1. The van der Waals surface area contributed by atoms with Gasteiger partial charge in [-0.15, -0.1) is 0 Å². The monoisotopic (exact) mass is 636 g/mol. The highest BCUT2D eigenvalue weighted by atomic mass is 35.5. The number of ether oxygens (including phenoxy) is 2. The Morgan fingerprint density at radius 1 is 0.689 bits per heavy atom. The molecule has 0 radical (unpaired) electrons. The van der Waals surface area contributed by atoms with E-state index in [0.29, 0.717) is 28.0 Å². The van der Waals surface area contributed by atoms with Gasteiger partial charge < -0.3 is 14.6 Å². The zero-order chi connectivity index (χ0) is 31.4. The second-order valence-electron chi connectivity index (χ2n) is 11.1. The van der Waals surface area contributed by atoms with Crippen molar-refractivity contribution in [3.63, 3.8) is 0 Å². The maximum Gasteiger partial charge on any atom is 0.303 e. The molecule has 45 heavy (non-hydrogen) atoms. The van der Waals surface area contributed by atoms with Crippen molar-refractivity contribution in [3.8, 4) is 11.5 Å². The lowest BCUT2D eigenvalue weighted by Gasteiger charge is -2.31. The van der Waals surface area contributed by atoms with E-state index in [2.05, 4.69) is 9.97 Å². The van der Waals surface area contributed by atoms with Crippen LogP contribution in [0.15, 0.2) is 109 Å². The Morgan fingerprint density at radius 2 is 1.16 bits per heavy atom. The summed E-state index contributed by atoms with van der Waals surface area (Å²) in [5.74, 6) is 0.143. The van der Waals surface area contributed by atoms with Gasteiger partial charge in [0.2, 0.25) is 0 Å². The van der Waals surface area contributed by atoms with Crippen molar-refractivity contribution in [1.82, 2.24) is 9.97 Å². The number of rotatable bonds is 11. The number of para-hydroxylation sites is 2. The Kier molecular flexibility index (Phi) is 8.87. The quantitative estimate of drug-likeness (QED) is 0.152. The Hall–Kier alpha value is -4.65. The third-order valence-electron chi connectivity index (χ3n) is 8.04. The van der Waals surface area contributed by atoms with Crippen LogP contribution in [0.1, 0.15) is 42.3 Å². The third kappa shape index (κ3) is 6.88. The van der Waals surface area contributed by atoms with Crippen LogP contribution in [0.25, 0.3) is 21.8 Å². The molecule has 6 rings (SSSR count). The molecule has 2 heterocycles. The zero-order valence-electron chi connectivity index (χ0n) is 24.5. The molecule has 1 N–H and O–H groups in total. The van der Waals surface area contributed by atoms with Gasteiger partial charge in [-0.25, -0.2) is 9.97 Å². The summed E-state index contributed by atoms with van der Waals surface area (Å²) in [6, 6.07) is 34.8. The van der Waals surface area contributed by atoms with E-state index in [1.54, 1.807) is 0 Å². The van der Waals surface area contributed by atoms with Crippen LogP contribution >= 0.6 is 23.2 Å². The molecule has 0 saturated heterocycles. The van der Waals surface area contributed by atoms with Crippen molar-refractivity contribution in [2.45, 2.75) is 38.4 Å². The van der Waals surface area contributed by atoms with E-state index in [1.165, 1.54) is 0 Å². The molecule has 4 aromatic carbocycles. The molecule has 2 aromatic heterocycles. The highest BCUT2D eigenvalue weighted by Crippen LogP contribution is 2.42. The number of carbonyl (C=O) groups is 1. The Bertz CT molecular complexity index is 1880. The standard InChI is InChI=1S/C37H30Cl2N2O4/c1-37(19-18-36(42)43,26-12-16-34(30(38)20-26)44-22-28-14-10-24-6-2-4-8-32(24)40-28)27-13-17-35(31(39)21-27)45-23-29-15-11-25-7-3-5-9-33(25)41-29/h2-17,20-21H,18-19,22-23H2,1H3,(H,42,43). The lowest BCUT2D eigenvalue weighted by molar-refractivity contribution is -0.137. The van der Waals surface area contributed by atoms with Crippen LogP contribution in [0.4, 0.5) is 0 Å². The molecular formula is C37H30Cl2N2O4. The van der Waals surface area contributed by atoms with E-state index in [1.807, 2.05) is 116 Å². The first-order valence-corrected chi connectivity index (χ1v) is 15.3. The fraction of sp³-hybridized carbons (Fsp3) is 0.162. The number of benzene rings is 4. The van der Waals surface area contributed by atoms with Crippen molar-refractivity contribution >= 4 is 51.0 Å². The van der Waals surface area contributed by atoms with Crippen molar-refractivity contribution in [2.24, 2.45) is 0 Å². The number of aliphatic carboxylic acids is 1. The van der Waals surface area contributed by atoms with E-state index in [4.69, 9.17) is 32.7 Å². The molecule has 6 aromatic rings. The molecule has 0 bridgehead atoms. The predicted octanol–water partition coefficient (Wildman–Crippen LogP) is 9.42. The summed E-state index contributed by atoms with van der Waals surface area (Å²) in [6.07, 6.45) is 0.293. The molecule has 0 unspecified atom stereocenters. The first kappa shape index (κ1) is 30.4. The number of nitrogens with zero attached hydrogens (tertiary/aromatic N) is 2. The molecule has 0 fully saturated rings. The minimum absolute atomic E-state index is 0.0382. The smallest absolute Gasteiger partial charge is 0.303 e. The Balaban J connectivity index is 1.21. The molecule has 0 atom stereocenters. The largest absolute Gasteiger partial charge is 0.486 e. The van der Waals surface area contributed by atoms with Gasteiger partial charge in [-0.2, -0.15) is 0 Å². The number of hydrogen-bond acceptors (Lipinski definition) is 5. The van der Waals surface area contributed by atoms with E-state index in [9.17, 15) is 9.90 Å². The van der Waals surface area contributed by atoms with Crippen LogP contribution < -0.4 is 9.47 Å². The van der Waals surface area contributed by atoms with Crippen LogP contribution in [0, 0.1) is 0 Å². The predicted molar refractivity (Wildman–Crippen MR) is 178 cm³/mol. The molecule has 8 heteroatoms. The minimum atomic E-state index is -0.885. The Labute approximate surface area is 271 Å². The average molecular weight is 638 g/mol. The maximum absolute atomic E-state index is 11.7. The van der Waals surface area contributed by atoms with Crippen molar-refractivity contribution in [1.29, 1.82) is 0 Å². The number of halogens is 2. The summed E-state index contributed by atoms with van der Waals surface area (Å²) >= 11 is 13.5. The minimum Gasteiger partial charge on any atom is -0.486 e. The van der Waals surface area contributed by atoms with Crippen LogP contribution in [-0.4, -0.2) is 21.0 Å². The SMILES string of the molecule is CC(CCC(=O)O)(c1ccc(OCc2ccc3ccccc3n2)c(Cl)c1)c1ccc(OCc2ccc3ccccc3n2)c(Cl)c1. The molecule has 0 aliphatic heterocycles. The molecule has 0 aliphatic rings. The summed E-state index contributed by atoms with van der Waals surface area (Å²) in [6.45, 7) is 2.50. The number of carboxylic acids is 1. The van der Waals surface area contributed by atoms with Gasteiger partial charge in [-0.1, -0.05) is 90.8 Å². The first-order valence-electron chi connectivity index (χ1n) is 14.6.